The molecule has 5 rings (SSSR count). The number of rotatable bonds is 6. The first-order chi connectivity index (χ1) is 16.9. The number of benzene rings is 3. The SMILES string of the molecule is COC(=O)[C@@H](C)[C@H](c1ccc2c(c1)N(C)C(c1ccc(-c3cc(C)ccc3F)cc1)CC2)C1CC1. The highest BCUT2D eigenvalue weighted by atomic mass is 19.1. The average Bonchev–Trinajstić information content (AvgIpc) is 3.71. The van der Waals surface area contributed by atoms with Gasteiger partial charge in [-0.3, -0.25) is 4.79 Å². The Morgan fingerprint density at radius 2 is 1.77 bits per heavy atom. The number of aryl methyl sites for hydroxylation is 2. The summed E-state index contributed by atoms with van der Waals surface area (Å²) in [6, 6.07) is 20.6. The van der Waals surface area contributed by atoms with E-state index in [-0.39, 0.29) is 29.7 Å². The third-order valence-corrected chi connectivity index (χ3v) is 8.00. The van der Waals surface area contributed by atoms with Crippen molar-refractivity contribution >= 4 is 11.7 Å². The Labute approximate surface area is 207 Å². The molecule has 1 unspecified atom stereocenters. The van der Waals surface area contributed by atoms with E-state index in [2.05, 4.69) is 42.3 Å². The molecule has 0 amide bonds. The molecule has 1 aliphatic carbocycles. The van der Waals surface area contributed by atoms with Crippen molar-refractivity contribution in [2.45, 2.75) is 51.5 Å². The molecule has 3 nitrogen and oxygen atoms in total. The van der Waals surface area contributed by atoms with Crippen LogP contribution in [0.3, 0.4) is 0 Å². The molecule has 182 valence electrons. The Morgan fingerprint density at radius 3 is 2.46 bits per heavy atom. The van der Waals surface area contributed by atoms with E-state index in [1.807, 2.05) is 32.0 Å². The van der Waals surface area contributed by atoms with E-state index in [9.17, 15) is 9.18 Å². The molecule has 1 saturated carbocycles. The minimum atomic E-state index is -0.189. The number of halogens is 1. The fraction of sp³-hybridized carbons (Fsp3) is 0.387. The molecular weight excluding hydrogens is 437 g/mol. The molecule has 4 heteroatoms. The molecule has 0 spiro atoms. The molecule has 2 aliphatic rings. The van der Waals surface area contributed by atoms with Gasteiger partial charge < -0.3 is 9.64 Å². The van der Waals surface area contributed by atoms with Gasteiger partial charge in [0, 0.05) is 18.3 Å². The van der Waals surface area contributed by atoms with Crippen molar-refractivity contribution in [2.24, 2.45) is 11.8 Å². The Morgan fingerprint density at radius 1 is 1.03 bits per heavy atom. The zero-order valence-electron chi connectivity index (χ0n) is 21.1. The second-order valence-electron chi connectivity index (χ2n) is 10.3. The van der Waals surface area contributed by atoms with E-state index < -0.39 is 0 Å². The second kappa shape index (κ2) is 9.49. The number of anilines is 1. The first-order valence-electron chi connectivity index (χ1n) is 12.7. The topological polar surface area (TPSA) is 29.5 Å². The van der Waals surface area contributed by atoms with Crippen molar-refractivity contribution in [3.63, 3.8) is 0 Å². The van der Waals surface area contributed by atoms with Crippen LogP contribution in [0.5, 0.6) is 0 Å². The molecule has 0 saturated heterocycles. The van der Waals surface area contributed by atoms with Crippen LogP contribution in [-0.4, -0.2) is 20.1 Å². The Hall–Kier alpha value is -3.14. The van der Waals surface area contributed by atoms with Gasteiger partial charge in [0.25, 0.3) is 0 Å². The van der Waals surface area contributed by atoms with E-state index in [4.69, 9.17) is 4.74 Å². The summed E-state index contributed by atoms with van der Waals surface area (Å²) >= 11 is 0. The van der Waals surface area contributed by atoms with Crippen LogP contribution in [0.25, 0.3) is 11.1 Å². The number of hydrogen-bond donors (Lipinski definition) is 0. The van der Waals surface area contributed by atoms with Crippen LogP contribution in [0.15, 0.2) is 60.7 Å². The Kier molecular flexibility index (Phi) is 6.39. The number of carbonyl (C=O) groups is 1. The Bertz CT molecular complexity index is 1230. The van der Waals surface area contributed by atoms with Crippen LogP contribution >= 0.6 is 0 Å². The standard InChI is InChI=1S/C31H34FNO2/c1-19-5-15-27(32)26(17-19)21-6-8-22(9-7-21)28-16-14-23-10-13-25(18-29(23)33(28)3)30(24-11-12-24)20(2)31(34)35-4/h5-10,13,15,17-18,20,24,28,30H,11-12,14,16H2,1-4H3/t20-,28?,30-/m0/s1. The lowest BCUT2D eigenvalue weighted by Crippen LogP contribution is -2.30. The maximum atomic E-state index is 14.4. The quantitative estimate of drug-likeness (QED) is 0.355. The van der Waals surface area contributed by atoms with E-state index in [1.54, 1.807) is 6.07 Å². The lowest BCUT2D eigenvalue weighted by molar-refractivity contribution is -0.145. The molecule has 3 atom stereocenters. The van der Waals surface area contributed by atoms with Gasteiger partial charge in [0.1, 0.15) is 5.82 Å². The molecule has 1 aliphatic heterocycles. The van der Waals surface area contributed by atoms with Gasteiger partial charge in [-0.05, 0) is 84.9 Å². The fourth-order valence-corrected chi connectivity index (χ4v) is 5.87. The van der Waals surface area contributed by atoms with Gasteiger partial charge in [0.05, 0.1) is 19.1 Å². The molecule has 1 heterocycles. The van der Waals surface area contributed by atoms with Crippen molar-refractivity contribution in [1.29, 1.82) is 0 Å². The molecule has 1 fully saturated rings. The molecule has 3 aromatic carbocycles. The Balaban J connectivity index is 1.42. The van der Waals surface area contributed by atoms with Crippen LogP contribution in [0.2, 0.25) is 0 Å². The summed E-state index contributed by atoms with van der Waals surface area (Å²) in [5, 5.41) is 0. The predicted molar refractivity (Wildman–Crippen MR) is 139 cm³/mol. The highest BCUT2D eigenvalue weighted by Crippen LogP contribution is 2.48. The molecule has 35 heavy (non-hydrogen) atoms. The van der Waals surface area contributed by atoms with E-state index in [0.29, 0.717) is 11.5 Å². The van der Waals surface area contributed by atoms with Gasteiger partial charge in [-0.2, -0.15) is 0 Å². The smallest absolute Gasteiger partial charge is 0.309 e. The largest absolute Gasteiger partial charge is 0.469 e. The summed E-state index contributed by atoms with van der Waals surface area (Å²) in [5.41, 5.74) is 7.68. The zero-order valence-corrected chi connectivity index (χ0v) is 21.1. The number of esters is 1. The van der Waals surface area contributed by atoms with Crippen LogP contribution < -0.4 is 4.90 Å². The number of nitrogens with zero attached hydrogens (tertiary/aromatic N) is 1. The van der Waals surface area contributed by atoms with Gasteiger partial charge in [-0.1, -0.05) is 55.0 Å². The maximum absolute atomic E-state index is 14.4. The molecular formula is C31H34FNO2. The van der Waals surface area contributed by atoms with E-state index in [0.717, 1.165) is 24.0 Å². The zero-order chi connectivity index (χ0) is 24.7. The van der Waals surface area contributed by atoms with Crippen molar-refractivity contribution in [2.75, 3.05) is 19.1 Å². The average molecular weight is 472 g/mol. The van der Waals surface area contributed by atoms with Crippen LogP contribution in [0.1, 0.15) is 60.4 Å². The molecule has 3 aromatic rings. The summed E-state index contributed by atoms with van der Waals surface area (Å²) in [5.74, 6) is 0.290. The van der Waals surface area contributed by atoms with Crippen molar-refractivity contribution in [3.05, 3.63) is 88.7 Å². The number of ether oxygens (including phenoxy) is 1. The van der Waals surface area contributed by atoms with Crippen molar-refractivity contribution in [1.82, 2.24) is 0 Å². The number of hydrogen-bond acceptors (Lipinski definition) is 3. The van der Waals surface area contributed by atoms with Gasteiger partial charge in [-0.15, -0.1) is 0 Å². The summed E-state index contributed by atoms with van der Waals surface area (Å²) < 4.78 is 19.5. The summed E-state index contributed by atoms with van der Waals surface area (Å²) in [6.45, 7) is 3.99. The van der Waals surface area contributed by atoms with Crippen molar-refractivity contribution < 1.29 is 13.9 Å². The highest BCUT2D eigenvalue weighted by molar-refractivity contribution is 5.73. The number of carbonyl (C=O) groups excluding carboxylic acids is 1. The molecule has 0 N–H and O–H groups in total. The summed E-state index contributed by atoms with van der Waals surface area (Å²) in [7, 11) is 3.64. The molecule has 0 bridgehead atoms. The summed E-state index contributed by atoms with van der Waals surface area (Å²) in [6.07, 6.45) is 4.40. The monoisotopic (exact) mass is 471 g/mol. The second-order valence-corrected chi connectivity index (χ2v) is 10.3. The van der Waals surface area contributed by atoms with Gasteiger partial charge in [0.2, 0.25) is 0 Å². The summed E-state index contributed by atoms with van der Waals surface area (Å²) in [4.78, 5) is 14.7. The van der Waals surface area contributed by atoms with Crippen LogP contribution in [-0.2, 0) is 16.0 Å². The minimum absolute atomic E-state index is 0.129. The minimum Gasteiger partial charge on any atom is -0.469 e. The highest BCUT2D eigenvalue weighted by Gasteiger charge is 2.39. The van der Waals surface area contributed by atoms with Crippen LogP contribution in [0.4, 0.5) is 10.1 Å². The molecule has 0 radical (unpaired) electrons. The first kappa shape index (κ1) is 23.6. The maximum Gasteiger partial charge on any atom is 0.309 e. The fourth-order valence-electron chi connectivity index (χ4n) is 5.87. The lowest BCUT2D eigenvalue weighted by Gasteiger charge is -2.37. The van der Waals surface area contributed by atoms with Gasteiger partial charge in [-0.25, -0.2) is 4.39 Å². The number of methoxy groups -OCH3 is 1. The first-order valence-corrected chi connectivity index (χ1v) is 12.7. The van der Waals surface area contributed by atoms with Crippen LogP contribution in [0, 0.1) is 24.6 Å². The van der Waals surface area contributed by atoms with E-state index >= 15 is 0 Å². The third-order valence-electron chi connectivity index (χ3n) is 8.00. The lowest BCUT2D eigenvalue weighted by atomic mass is 9.81. The third kappa shape index (κ3) is 4.59. The van der Waals surface area contributed by atoms with Gasteiger partial charge in [0.15, 0.2) is 0 Å². The van der Waals surface area contributed by atoms with Crippen molar-refractivity contribution in [3.8, 4) is 11.1 Å². The normalized spacial score (nSPS) is 19.1. The van der Waals surface area contributed by atoms with Gasteiger partial charge >= 0.3 is 5.97 Å². The number of fused-ring (bicyclic) bond motifs is 1. The van der Waals surface area contributed by atoms with E-state index in [1.165, 1.54) is 48.4 Å². The predicted octanol–water partition coefficient (Wildman–Crippen LogP) is 7.23. The molecule has 0 aromatic heterocycles.